The van der Waals surface area contributed by atoms with Gasteiger partial charge in [-0.2, -0.15) is 0 Å². The molecule has 0 N–H and O–H groups in total. The molecule has 1 aliphatic carbocycles. The van der Waals surface area contributed by atoms with E-state index in [1.807, 2.05) is 25.1 Å². The molecule has 1 aliphatic rings. The van der Waals surface area contributed by atoms with E-state index in [2.05, 4.69) is 37.8 Å². The van der Waals surface area contributed by atoms with Crippen LogP contribution in [0.5, 0.6) is 0 Å². The zero-order valence-electron chi connectivity index (χ0n) is 14.2. The van der Waals surface area contributed by atoms with Gasteiger partial charge in [-0.25, -0.2) is 4.79 Å². The smallest absolute Gasteiger partial charge is 0.342 e. The van der Waals surface area contributed by atoms with E-state index >= 15 is 0 Å². The summed E-state index contributed by atoms with van der Waals surface area (Å²) in [5, 5.41) is 0. The van der Waals surface area contributed by atoms with Crippen LogP contribution in [0.4, 0.5) is 0 Å². The van der Waals surface area contributed by atoms with Gasteiger partial charge in [0.1, 0.15) is 0 Å². The molecule has 0 heterocycles. The Morgan fingerprint density at radius 3 is 2.67 bits per heavy atom. The predicted octanol–water partition coefficient (Wildman–Crippen LogP) is 5.78. The average Bonchev–Trinajstić information content (AvgIpc) is 2.83. The number of allylic oxidation sites excluding steroid dienone is 10. The zero-order chi connectivity index (χ0) is 17.4. The molecule has 2 nitrogen and oxygen atoms in total. The van der Waals surface area contributed by atoms with Gasteiger partial charge in [-0.05, 0) is 49.6 Å². The molecule has 0 unspecified atom stereocenters. The van der Waals surface area contributed by atoms with Gasteiger partial charge in [-0.15, -0.1) is 0 Å². The lowest BCUT2D eigenvalue weighted by atomic mass is 10.0. The molecular weight excluding hydrogens is 296 g/mol. The molecule has 0 saturated carbocycles. The number of carbonyl (C=O) groups is 1. The van der Waals surface area contributed by atoms with E-state index in [0.717, 1.165) is 23.1 Å². The van der Waals surface area contributed by atoms with Gasteiger partial charge in [-0.1, -0.05) is 66.3 Å². The molecule has 0 radical (unpaired) electrons. The Kier molecular flexibility index (Phi) is 6.32. The Balaban J connectivity index is 2.04. The quantitative estimate of drug-likeness (QED) is 0.391. The zero-order valence-corrected chi connectivity index (χ0v) is 14.2. The van der Waals surface area contributed by atoms with E-state index in [1.165, 1.54) is 11.8 Å². The number of hydrogen-bond acceptors (Lipinski definition) is 2. The van der Waals surface area contributed by atoms with Crippen LogP contribution < -0.4 is 0 Å². The highest BCUT2D eigenvalue weighted by Crippen LogP contribution is 2.21. The first-order valence-corrected chi connectivity index (χ1v) is 7.91. The molecule has 0 bridgehead atoms. The minimum absolute atomic E-state index is 0.372. The van der Waals surface area contributed by atoms with Crippen LogP contribution in [0.15, 0.2) is 90.8 Å². The Bertz CT molecular complexity index is 754. The molecule has 24 heavy (non-hydrogen) atoms. The monoisotopic (exact) mass is 318 g/mol. The number of esters is 1. The number of rotatable bonds is 5. The van der Waals surface area contributed by atoms with E-state index in [4.69, 9.17) is 4.74 Å². The third-order valence-electron chi connectivity index (χ3n) is 3.67. The van der Waals surface area contributed by atoms with Gasteiger partial charge in [0.2, 0.25) is 0 Å². The van der Waals surface area contributed by atoms with Crippen molar-refractivity contribution in [3.8, 4) is 0 Å². The molecule has 2 rings (SSSR count). The molecule has 0 spiro atoms. The van der Waals surface area contributed by atoms with Crippen LogP contribution in [0.2, 0.25) is 0 Å². The molecule has 0 saturated heterocycles. The summed E-state index contributed by atoms with van der Waals surface area (Å²) in [5.41, 5.74) is 5.07. The van der Waals surface area contributed by atoms with Crippen LogP contribution in [-0.2, 0) is 4.74 Å². The van der Waals surface area contributed by atoms with E-state index in [0.29, 0.717) is 5.56 Å². The number of hydrogen-bond donors (Lipinski definition) is 0. The highest BCUT2D eigenvalue weighted by atomic mass is 16.5. The molecule has 0 atom stereocenters. The molecule has 122 valence electrons. The second kappa shape index (κ2) is 8.68. The van der Waals surface area contributed by atoms with Gasteiger partial charge in [0, 0.05) is 0 Å². The van der Waals surface area contributed by atoms with E-state index in [1.54, 1.807) is 24.3 Å². The summed E-state index contributed by atoms with van der Waals surface area (Å²) in [7, 11) is 0. The molecule has 0 amide bonds. The van der Waals surface area contributed by atoms with Crippen molar-refractivity contribution in [2.24, 2.45) is 0 Å². The van der Waals surface area contributed by atoms with Crippen molar-refractivity contribution >= 4 is 11.5 Å². The van der Waals surface area contributed by atoms with Crippen LogP contribution in [0, 0.1) is 0 Å². The van der Waals surface area contributed by atoms with E-state index < -0.39 is 0 Å². The minimum Gasteiger partial charge on any atom is -0.431 e. The lowest BCUT2D eigenvalue weighted by molar-refractivity contribution is 0.0663. The molecule has 0 aliphatic heterocycles. The fourth-order valence-electron chi connectivity index (χ4n) is 2.15. The molecular formula is C22H22O2. The summed E-state index contributed by atoms with van der Waals surface area (Å²) in [4.78, 5) is 12.0. The Hall–Kier alpha value is -2.87. The maximum absolute atomic E-state index is 12.0. The summed E-state index contributed by atoms with van der Waals surface area (Å²) in [6.07, 6.45) is 16.1. The fraction of sp³-hybridized carbons (Fsp3) is 0.136. The third kappa shape index (κ3) is 5.10. The number of benzene rings is 1. The Morgan fingerprint density at radius 2 is 1.96 bits per heavy atom. The van der Waals surface area contributed by atoms with Gasteiger partial charge in [0.15, 0.2) is 0 Å². The van der Waals surface area contributed by atoms with Crippen molar-refractivity contribution in [3.05, 3.63) is 102 Å². The first-order valence-electron chi connectivity index (χ1n) is 7.91. The van der Waals surface area contributed by atoms with Gasteiger partial charge in [0.05, 0.1) is 11.8 Å². The maximum atomic E-state index is 12.0. The van der Waals surface area contributed by atoms with Crippen molar-refractivity contribution < 1.29 is 9.53 Å². The maximum Gasteiger partial charge on any atom is 0.342 e. The molecule has 0 fully saturated rings. The highest BCUT2D eigenvalue weighted by molar-refractivity contribution is 5.90. The molecule has 1 aromatic rings. The van der Waals surface area contributed by atoms with Crippen molar-refractivity contribution in [3.63, 3.8) is 0 Å². The van der Waals surface area contributed by atoms with Gasteiger partial charge in [-0.3, -0.25) is 0 Å². The van der Waals surface area contributed by atoms with Crippen LogP contribution in [-0.4, -0.2) is 5.97 Å². The second-order valence-electron chi connectivity index (χ2n) is 5.67. The second-order valence-corrected chi connectivity index (χ2v) is 5.67. The minimum atomic E-state index is -0.372. The summed E-state index contributed by atoms with van der Waals surface area (Å²) >= 11 is 0. The summed E-state index contributed by atoms with van der Waals surface area (Å²) in [5.74, 6) is -0.372. The lowest BCUT2D eigenvalue weighted by Gasteiger charge is -2.04. The van der Waals surface area contributed by atoms with Crippen molar-refractivity contribution in [2.45, 2.75) is 20.3 Å². The SMILES string of the molecule is C=C/C(C)=C\C=C\OC(=O)c1ccc(C2=CC=C(C)CC=C2)cc1. The first kappa shape index (κ1) is 17.5. The Labute approximate surface area is 143 Å². The van der Waals surface area contributed by atoms with Crippen LogP contribution >= 0.6 is 0 Å². The summed E-state index contributed by atoms with van der Waals surface area (Å²) in [6.45, 7) is 7.69. The Morgan fingerprint density at radius 1 is 1.21 bits per heavy atom. The predicted molar refractivity (Wildman–Crippen MR) is 100 cm³/mol. The largest absolute Gasteiger partial charge is 0.431 e. The van der Waals surface area contributed by atoms with E-state index in [9.17, 15) is 4.79 Å². The van der Waals surface area contributed by atoms with Gasteiger partial charge >= 0.3 is 5.97 Å². The van der Waals surface area contributed by atoms with Crippen molar-refractivity contribution in [1.29, 1.82) is 0 Å². The van der Waals surface area contributed by atoms with E-state index in [-0.39, 0.29) is 5.97 Å². The molecule has 1 aromatic carbocycles. The normalized spacial score (nSPS) is 14.8. The molecule has 0 aromatic heterocycles. The van der Waals surface area contributed by atoms with Crippen molar-refractivity contribution in [2.75, 3.05) is 0 Å². The van der Waals surface area contributed by atoms with Crippen LogP contribution in [0.3, 0.4) is 0 Å². The average molecular weight is 318 g/mol. The molecule has 2 heteroatoms. The lowest BCUT2D eigenvalue weighted by Crippen LogP contribution is -2.00. The first-order chi connectivity index (χ1) is 11.6. The summed E-state index contributed by atoms with van der Waals surface area (Å²) in [6, 6.07) is 7.44. The number of ether oxygens (including phenoxy) is 1. The third-order valence-corrected chi connectivity index (χ3v) is 3.67. The fourth-order valence-corrected chi connectivity index (χ4v) is 2.15. The van der Waals surface area contributed by atoms with Crippen LogP contribution in [0.25, 0.3) is 5.57 Å². The number of carbonyl (C=O) groups excluding carboxylic acids is 1. The summed E-state index contributed by atoms with van der Waals surface area (Å²) < 4.78 is 5.11. The van der Waals surface area contributed by atoms with Gasteiger partial charge < -0.3 is 4.74 Å². The standard InChI is InChI=1S/C22H22O2/c1-4-17(2)8-6-16-24-22(23)21-14-12-20(13-15-21)19-9-5-7-18(3)10-11-19/h4-6,8-16H,1,7H2,2-3H3/b16-6+,17-8-. The van der Waals surface area contributed by atoms with Crippen LogP contribution in [0.1, 0.15) is 36.2 Å². The highest BCUT2D eigenvalue weighted by Gasteiger charge is 2.06. The van der Waals surface area contributed by atoms with Gasteiger partial charge in [0.25, 0.3) is 0 Å². The topological polar surface area (TPSA) is 26.3 Å². The van der Waals surface area contributed by atoms with Crippen molar-refractivity contribution in [1.82, 2.24) is 0 Å².